The van der Waals surface area contributed by atoms with Crippen molar-refractivity contribution in [1.29, 1.82) is 0 Å². The summed E-state index contributed by atoms with van der Waals surface area (Å²) in [6.45, 7) is 5.01. The van der Waals surface area contributed by atoms with E-state index in [4.69, 9.17) is 4.74 Å². The molecular formula is C76H149NO5. The van der Waals surface area contributed by atoms with E-state index in [1.54, 1.807) is 0 Å². The Morgan fingerprint density at radius 1 is 0.329 bits per heavy atom. The van der Waals surface area contributed by atoms with E-state index in [9.17, 15) is 19.8 Å². The molecule has 0 aliphatic carbocycles. The molecule has 6 nitrogen and oxygen atoms in total. The first-order valence-corrected chi connectivity index (χ1v) is 37.9. The number of hydrogen-bond donors (Lipinski definition) is 3. The van der Waals surface area contributed by atoms with Crippen LogP contribution in [0.5, 0.6) is 0 Å². The van der Waals surface area contributed by atoms with Crippen molar-refractivity contribution in [3.05, 3.63) is 12.2 Å². The summed E-state index contributed by atoms with van der Waals surface area (Å²) < 4.78 is 5.51. The highest BCUT2D eigenvalue weighted by Crippen LogP contribution is 2.20. The molecule has 0 aromatic rings. The summed E-state index contributed by atoms with van der Waals surface area (Å²) in [4.78, 5) is 24.7. The molecule has 0 spiro atoms. The monoisotopic (exact) mass is 1160 g/mol. The zero-order valence-electron chi connectivity index (χ0n) is 56.0. The topological polar surface area (TPSA) is 95.9 Å². The molecule has 0 saturated carbocycles. The van der Waals surface area contributed by atoms with Crippen molar-refractivity contribution in [2.24, 2.45) is 0 Å². The van der Waals surface area contributed by atoms with E-state index in [1.807, 2.05) is 0 Å². The van der Waals surface area contributed by atoms with Crippen molar-refractivity contribution in [2.75, 3.05) is 13.2 Å². The third-order valence-corrected chi connectivity index (χ3v) is 18.1. The van der Waals surface area contributed by atoms with E-state index in [0.29, 0.717) is 25.9 Å². The normalized spacial score (nSPS) is 12.5. The number of aliphatic hydroxyl groups is 2. The Morgan fingerprint density at radius 2 is 0.573 bits per heavy atom. The number of allylic oxidation sites excluding steroid dienone is 2. The lowest BCUT2D eigenvalue weighted by Crippen LogP contribution is -2.45. The van der Waals surface area contributed by atoms with Crippen LogP contribution in [0.25, 0.3) is 0 Å². The van der Waals surface area contributed by atoms with E-state index < -0.39 is 12.1 Å². The van der Waals surface area contributed by atoms with E-state index >= 15 is 0 Å². The van der Waals surface area contributed by atoms with Gasteiger partial charge in [-0.25, -0.2) is 0 Å². The number of carbonyl (C=O) groups is 2. The maximum atomic E-state index is 12.6. The van der Waals surface area contributed by atoms with Gasteiger partial charge in [-0.2, -0.15) is 0 Å². The Labute approximate surface area is 514 Å². The zero-order chi connectivity index (χ0) is 59.2. The molecule has 0 rings (SSSR count). The molecule has 0 aliphatic heterocycles. The highest BCUT2D eigenvalue weighted by atomic mass is 16.5. The van der Waals surface area contributed by atoms with Crippen molar-refractivity contribution in [1.82, 2.24) is 5.32 Å². The Bertz CT molecular complexity index is 1240. The van der Waals surface area contributed by atoms with Crippen molar-refractivity contribution in [3.8, 4) is 0 Å². The largest absolute Gasteiger partial charge is 0.466 e. The second kappa shape index (κ2) is 72.1. The van der Waals surface area contributed by atoms with Crippen LogP contribution in [-0.2, 0) is 14.3 Å². The smallest absolute Gasteiger partial charge is 0.305 e. The maximum Gasteiger partial charge on any atom is 0.305 e. The van der Waals surface area contributed by atoms with Crippen molar-refractivity contribution < 1.29 is 24.5 Å². The number of unbranched alkanes of at least 4 members (excludes halogenated alkanes) is 59. The van der Waals surface area contributed by atoms with Gasteiger partial charge in [0.1, 0.15) is 0 Å². The average Bonchev–Trinajstić information content (AvgIpc) is 3.48. The van der Waals surface area contributed by atoms with Crippen LogP contribution in [0.2, 0.25) is 0 Å². The molecule has 0 radical (unpaired) electrons. The number of rotatable bonds is 72. The lowest BCUT2D eigenvalue weighted by atomic mass is 10.0. The SMILES string of the molecule is CCCCCCCCCCCCCCCCCCCCCCC(O)C(CO)NC(=O)CCCCCCCCCCCCCC/C=C\CCCCCCCCCCCCCCOC(=O)CCCCCCCCCCCCCCCCCCC. The van der Waals surface area contributed by atoms with Gasteiger partial charge in [-0.05, 0) is 51.4 Å². The molecule has 0 bridgehead atoms. The van der Waals surface area contributed by atoms with E-state index in [0.717, 1.165) is 38.5 Å². The number of hydrogen-bond acceptors (Lipinski definition) is 5. The predicted octanol–water partition coefficient (Wildman–Crippen LogP) is 24.7. The third kappa shape index (κ3) is 67.7. The zero-order valence-corrected chi connectivity index (χ0v) is 56.0. The number of ether oxygens (including phenoxy) is 1. The van der Waals surface area contributed by atoms with Gasteiger partial charge in [0, 0.05) is 12.8 Å². The molecule has 488 valence electrons. The molecule has 0 aromatic carbocycles. The fraction of sp³-hybridized carbons (Fsp3) is 0.947. The highest BCUT2D eigenvalue weighted by molar-refractivity contribution is 5.76. The molecule has 0 heterocycles. The molecule has 2 atom stereocenters. The fourth-order valence-electron chi connectivity index (χ4n) is 12.3. The van der Waals surface area contributed by atoms with Gasteiger partial charge < -0.3 is 20.3 Å². The maximum absolute atomic E-state index is 12.6. The number of amides is 1. The number of nitrogens with one attached hydrogen (secondary N) is 1. The molecule has 1 amide bonds. The van der Waals surface area contributed by atoms with E-state index in [2.05, 4.69) is 31.3 Å². The van der Waals surface area contributed by atoms with Crippen molar-refractivity contribution in [3.63, 3.8) is 0 Å². The molecular weight excluding hydrogens is 1010 g/mol. The predicted molar refractivity (Wildman–Crippen MR) is 361 cm³/mol. The van der Waals surface area contributed by atoms with Crippen LogP contribution < -0.4 is 5.32 Å². The lowest BCUT2D eigenvalue weighted by Gasteiger charge is -2.22. The van der Waals surface area contributed by atoms with Gasteiger partial charge >= 0.3 is 5.97 Å². The molecule has 0 saturated heterocycles. The minimum absolute atomic E-state index is 0.0211. The van der Waals surface area contributed by atoms with Crippen LogP contribution in [0.15, 0.2) is 12.2 Å². The standard InChI is InChI=1S/C76H149NO5/c1-3-5-7-9-11-13-15-17-19-21-22-33-37-40-44-48-52-56-60-64-68-74(79)73(72-78)77-75(80)69-65-61-57-53-49-45-41-38-34-31-29-27-25-23-24-26-28-30-32-35-39-43-47-51-55-59-63-67-71-82-76(81)70-66-62-58-54-50-46-42-36-20-18-16-14-12-10-8-6-4-2/h23-24,73-74,78-79H,3-22,25-72H2,1-2H3,(H,77,80)/b24-23-. The van der Waals surface area contributed by atoms with Crippen molar-refractivity contribution in [2.45, 2.75) is 450 Å². The summed E-state index contributed by atoms with van der Waals surface area (Å²) in [7, 11) is 0. The third-order valence-electron chi connectivity index (χ3n) is 18.1. The van der Waals surface area contributed by atoms with Gasteiger partial charge in [0.25, 0.3) is 0 Å². The van der Waals surface area contributed by atoms with Crippen LogP contribution in [0.3, 0.4) is 0 Å². The summed E-state index contributed by atoms with van der Waals surface area (Å²) in [5, 5.41) is 23.4. The van der Waals surface area contributed by atoms with Crippen LogP contribution in [0.1, 0.15) is 438 Å². The van der Waals surface area contributed by atoms with Gasteiger partial charge in [0.15, 0.2) is 0 Å². The second-order valence-corrected chi connectivity index (χ2v) is 26.3. The number of esters is 1. The summed E-state index contributed by atoms with van der Waals surface area (Å²) >= 11 is 0. The number of aliphatic hydroxyl groups excluding tert-OH is 2. The Balaban J connectivity index is 3.36. The second-order valence-electron chi connectivity index (χ2n) is 26.3. The first-order chi connectivity index (χ1) is 40.5. The van der Waals surface area contributed by atoms with Crippen LogP contribution in [-0.4, -0.2) is 47.4 Å². The Morgan fingerprint density at radius 3 is 0.866 bits per heavy atom. The van der Waals surface area contributed by atoms with Crippen LogP contribution >= 0.6 is 0 Å². The Kier molecular flexibility index (Phi) is 70.8. The summed E-state index contributed by atoms with van der Waals surface area (Å²) in [5.74, 6) is -0.00870. The van der Waals surface area contributed by atoms with Gasteiger partial charge in [0.05, 0.1) is 25.4 Å². The van der Waals surface area contributed by atoms with Gasteiger partial charge in [-0.3, -0.25) is 9.59 Å². The molecule has 0 aliphatic rings. The molecule has 0 fully saturated rings. The van der Waals surface area contributed by atoms with Gasteiger partial charge in [-0.1, -0.05) is 386 Å². The van der Waals surface area contributed by atoms with Crippen LogP contribution in [0, 0.1) is 0 Å². The first kappa shape index (κ1) is 80.6. The molecule has 2 unspecified atom stereocenters. The van der Waals surface area contributed by atoms with Crippen molar-refractivity contribution >= 4 is 11.9 Å². The minimum Gasteiger partial charge on any atom is -0.466 e. The number of carbonyl (C=O) groups excluding carboxylic acids is 2. The van der Waals surface area contributed by atoms with Gasteiger partial charge in [-0.15, -0.1) is 0 Å². The minimum atomic E-state index is -0.665. The summed E-state index contributed by atoms with van der Waals surface area (Å²) in [5.41, 5.74) is 0. The summed E-state index contributed by atoms with van der Waals surface area (Å²) in [6, 6.07) is -0.542. The van der Waals surface area contributed by atoms with Gasteiger partial charge in [0.2, 0.25) is 5.91 Å². The summed E-state index contributed by atoms with van der Waals surface area (Å²) in [6.07, 6.45) is 89.9. The fourth-order valence-corrected chi connectivity index (χ4v) is 12.3. The lowest BCUT2D eigenvalue weighted by molar-refractivity contribution is -0.143. The molecule has 82 heavy (non-hydrogen) atoms. The molecule has 6 heteroatoms. The van der Waals surface area contributed by atoms with Crippen LogP contribution in [0.4, 0.5) is 0 Å². The molecule has 3 N–H and O–H groups in total. The van der Waals surface area contributed by atoms with E-state index in [1.165, 1.54) is 366 Å². The Hall–Kier alpha value is -1.40. The highest BCUT2D eigenvalue weighted by Gasteiger charge is 2.20. The molecule has 0 aromatic heterocycles. The van der Waals surface area contributed by atoms with E-state index in [-0.39, 0.29) is 18.5 Å². The average molecular weight is 1160 g/mol. The first-order valence-electron chi connectivity index (χ1n) is 37.9. The quantitative estimate of drug-likeness (QED) is 0.0320.